The molecule has 2 saturated carbocycles. The molecule has 6 atom stereocenters. The van der Waals surface area contributed by atoms with Gasteiger partial charge in [0.15, 0.2) is 5.60 Å². The molecule has 4 aliphatic carbocycles. The average molecular weight is 383 g/mol. The van der Waals surface area contributed by atoms with Crippen LogP contribution in [0.15, 0.2) is 23.5 Å². The van der Waals surface area contributed by atoms with E-state index in [1.807, 2.05) is 0 Å². The first kappa shape index (κ1) is 19.6. The number of carbonyl (C=O) groups excluding carboxylic acids is 1. The first-order chi connectivity index (χ1) is 13.3. The lowest BCUT2D eigenvalue weighted by molar-refractivity contribution is -0.167. The Hall–Kier alpha value is -1.69. The molecule has 0 saturated heterocycles. The van der Waals surface area contributed by atoms with Gasteiger partial charge < -0.3 is 9.47 Å². The Bertz CT molecular complexity index is 754. The Morgan fingerprint density at radius 1 is 1.25 bits per heavy atom. The molecule has 28 heavy (non-hydrogen) atoms. The minimum absolute atomic E-state index is 0.101. The van der Waals surface area contributed by atoms with Crippen LogP contribution in [0.3, 0.4) is 0 Å². The van der Waals surface area contributed by atoms with Gasteiger partial charge in [-0.15, -0.1) is 6.42 Å². The minimum atomic E-state index is -0.719. The molecule has 0 aromatic rings. The smallest absolute Gasteiger partial charge is 0.304 e. The van der Waals surface area contributed by atoms with Gasteiger partial charge in [0.05, 0.1) is 11.9 Å². The molecule has 4 unspecified atom stereocenters. The van der Waals surface area contributed by atoms with E-state index in [1.165, 1.54) is 25.3 Å². The lowest BCUT2D eigenvalue weighted by Crippen LogP contribution is -2.53. The molecule has 3 heteroatoms. The highest BCUT2D eigenvalue weighted by Crippen LogP contribution is 2.65. The van der Waals surface area contributed by atoms with Crippen LogP contribution in [0.2, 0.25) is 0 Å². The lowest BCUT2D eigenvalue weighted by Gasteiger charge is -2.54. The summed E-state index contributed by atoms with van der Waals surface area (Å²) in [5.74, 6) is 6.41. The second-order valence-electron chi connectivity index (χ2n) is 9.86. The molecular weight excluding hydrogens is 348 g/mol. The van der Waals surface area contributed by atoms with Gasteiger partial charge in [-0.3, -0.25) is 4.79 Å². The van der Waals surface area contributed by atoms with E-state index in [1.54, 1.807) is 0 Å². The number of carbonyl (C=O) groups is 1. The summed E-state index contributed by atoms with van der Waals surface area (Å²) in [6, 6.07) is 0. The Balaban J connectivity index is 1.60. The zero-order valence-electron chi connectivity index (χ0n) is 17.8. The first-order valence-electron chi connectivity index (χ1n) is 11.0. The van der Waals surface area contributed by atoms with Crippen molar-refractivity contribution >= 4 is 5.97 Å². The Morgan fingerprint density at radius 3 is 2.71 bits per heavy atom. The van der Waals surface area contributed by atoms with Crippen LogP contribution in [-0.2, 0) is 14.3 Å². The summed E-state index contributed by atoms with van der Waals surface area (Å²) < 4.78 is 11.8. The molecule has 0 amide bonds. The number of rotatable bonds is 3. The van der Waals surface area contributed by atoms with Crippen LogP contribution in [0.1, 0.15) is 72.6 Å². The zero-order chi connectivity index (χ0) is 20.1. The molecule has 2 fully saturated rings. The summed E-state index contributed by atoms with van der Waals surface area (Å²) in [5.41, 5.74) is 0.674. The van der Waals surface area contributed by atoms with Crippen molar-refractivity contribution in [1.82, 2.24) is 0 Å². The van der Waals surface area contributed by atoms with Crippen molar-refractivity contribution in [2.45, 2.75) is 84.3 Å². The molecule has 0 aliphatic heterocycles. The van der Waals surface area contributed by atoms with Crippen molar-refractivity contribution in [3.8, 4) is 12.3 Å². The third-order valence-electron chi connectivity index (χ3n) is 8.15. The van der Waals surface area contributed by atoms with Crippen LogP contribution in [0.4, 0.5) is 0 Å². The van der Waals surface area contributed by atoms with Gasteiger partial charge in [-0.2, -0.15) is 0 Å². The lowest BCUT2D eigenvalue weighted by atomic mass is 9.51. The first-order valence-corrected chi connectivity index (χ1v) is 11.0. The molecule has 0 N–H and O–H groups in total. The predicted molar refractivity (Wildman–Crippen MR) is 110 cm³/mol. The van der Waals surface area contributed by atoms with E-state index in [-0.39, 0.29) is 17.5 Å². The van der Waals surface area contributed by atoms with Gasteiger partial charge in [-0.1, -0.05) is 18.9 Å². The second-order valence-corrected chi connectivity index (χ2v) is 9.86. The zero-order valence-corrected chi connectivity index (χ0v) is 17.8. The molecule has 152 valence electrons. The SMILES string of the molecule is C#C[C@]1(OC(C)=O)CCC2C3CC=C4C=C(OC(C)C)CCC4C3CC[C@@]21C. The maximum Gasteiger partial charge on any atom is 0.304 e. The van der Waals surface area contributed by atoms with Crippen molar-refractivity contribution in [3.05, 3.63) is 23.5 Å². The Labute approximate surface area is 169 Å². The molecule has 3 nitrogen and oxygen atoms in total. The molecular formula is C25H34O3. The standard InChI is InChI=1S/C25H34O3/c1-6-25(28-17(4)26)14-12-23-22-9-7-18-15-19(27-16(2)3)8-10-20(18)21(22)11-13-24(23,25)5/h1,7,15-16,20-23H,8-14H2,2-5H3/t20?,21?,22?,23?,24-,25-/m0/s1. The molecule has 0 radical (unpaired) electrons. The van der Waals surface area contributed by atoms with Crippen LogP contribution in [-0.4, -0.2) is 17.7 Å². The number of hydrogen-bond donors (Lipinski definition) is 0. The number of terminal acetylenes is 1. The molecule has 0 spiro atoms. The van der Waals surface area contributed by atoms with E-state index in [9.17, 15) is 4.79 Å². The van der Waals surface area contributed by atoms with E-state index in [4.69, 9.17) is 15.9 Å². The van der Waals surface area contributed by atoms with Crippen LogP contribution in [0.5, 0.6) is 0 Å². The summed E-state index contributed by atoms with van der Waals surface area (Å²) in [6.07, 6.45) is 18.5. The monoisotopic (exact) mass is 382 g/mol. The maximum absolute atomic E-state index is 11.8. The number of fused-ring (bicyclic) bond motifs is 5. The molecule has 4 aliphatic rings. The molecule has 4 rings (SSSR count). The van der Waals surface area contributed by atoms with Crippen molar-refractivity contribution in [1.29, 1.82) is 0 Å². The second kappa shape index (κ2) is 6.97. The van der Waals surface area contributed by atoms with E-state index in [2.05, 4.69) is 38.8 Å². The summed E-state index contributed by atoms with van der Waals surface area (Å²) in [5, 5.41) is 0. The van der Waals surface area contributed by atoms with Gasteiger partial charge in [0.2, 0.25) is 0 Å². The third kappa shape index (κ3) is 2.92. The van der Waals surface area contributed by atoms with Crippen molar-refractivity contribution in [3.63, 3.8) is 0 Å². The van der Waals surface area contributed by atoms with E-state index < -0.39 is 5.60 Å². The van der Waals surface area contributed by atoms with Gasteiger partial charge in [-0.25, -0.2) is 0 Å². The summed E-state index contributed by atoms with van der Waals surface area (Å²) >= 11 is 0. The summed E-state index contributed by atoms with van der Waals surface area (Å²) in [4.78, 5) is 11.8. The van der Waals surface area contributed by atoms with Gasteiger partial charge in [0.25, 0.3) is 0 Å². The molecule has 0 bridgehead atoms. The minimum Gasteiger partial charge on any atom is -0.495 e. The molecule has 0 heterocycles. The highest BCUT2D eigenvalue weighted by Gasteiger charge is 2.64. The highest BCUT2D eigenvalue weighted by atomic mass is 16.6. The van der Waals surface area contributed by atoms with E-state index in [0.717, 1.165) is 43.8 Å². The summed E-state index contributed by atoms with van der Waals surface area (Å²) in [7, 11) is 0. The fourth-order valence-electron chi connectivity index (χ4n) is 7.00. The fourth-order valence-corrected chi connectivity index (χ4v) is 7.00. The van der Waals surface area contributed by atoms with Crippen molar-refractivity contribution in [2.24, 2.45) is 29.1 Å². The van der Waals surface area contributed by atoms with Gasteiger partial charge in [0, 0.05) is 18.8 Å². The quantitative estimate of drug-likeness (QED) is 0.483. The number of ether oxygens (including phenoxy) is 2. The van der Waals surface area contributed by atoms with Crippen LogP contribution >= 0.6 is 0 Å². The van der Waals surface area contributed by atoms with E-state index >= 15 is 0 Å². The normalized spacial score (nSPS) is 41.7. The Morgan fingerprint density at radius 2 is 2.04 bits per heavy atom. The third-order valence-corrected chi connectivity index (χ3v) is 8.15. The van der Waals surface area contributed by atoms with Crippen LogP contribution < -0.4 is 0 Å². The molecule has 0 aromatic carbocycles. The number of hydrogen-bond acceptors (Lipinski definition) is 3. The van der Waals surface area contributed by atoms with Crippen LogP contribution in [0.25, 0.3) is 0 Å². The van der Waals surface area contributed by atoms with E-state index in [0.29, 0.717) is 17.8 Å². The maximum atomic E-state index is 11.8. The van der Waals surface area contributed by atoms with Crippen molar-refractivity contribution in [2.75, 3.05) is 0 Å². The van der Waals surface area contributed by atoms with Gasteiger partial charge in [-0.05, 0) is 87.7 Å². The van der Waals surface area contributed by atoms with Crippen molar-refractivity contribution < 1.29 is 14.3 Å². The predicted octanol–water partition coefficient (Wildman–Crippen LogP) is 5.41. The Kier molecular flexibility index (Phi) is 4.89. The van der Waals surface area contributed by atoms with Gasteiger partial charge in [0.1, 0.15) is 0 Å². The number of allylic oxidation sites excluding steroid dienone is 4. The van der Waals surface area contributed by atoms with Gasteiger partial charge >= 0.3 is 5.97 Å². The largest absolute Gasteiger partial charge is 0.495 e. The molecule has 0 aromatic heterocycles. The van der Waals surface area contributed by atoms with Crippen LogP contribution in [0, 0.1) is 41.4 Å². The topological polar surface area (TPSA) is 35.5 Å². The summed E-state index contributed by atoms with van der Waals surface area (Å²) in [6.45, 7) is 7.97. The highest BCUT2D eigenvalue weighted by molar-refractivity contribution is 5.67. The fraction of sp³-hybridized carbons (Fsp3) is 0.720. The number of esters is 1. The average Bonchev–Trinajstić information content (AvgIpc) is 2.93.